The Bertz CT molecular complexity index is 888. The van der Waals surface area contributed by atoms with Crippen LogP contribution in [0.25, 0.3) is 17.2 Å². The Balaban J connectivity index is 1.72. The van der Waals surface area contributed by atoms with Crippen LogP contribution in [0.2, 0.25) is 0 Å². The standard InChI is InChI=1S/C22H25FN2O3/c1-3-27-20(26)13-17-21(19-12-15-6-4-5-7-18(15)25(19)2)28-22(24-17)14-8-10-16(23)11-9-14/h8-12,15,18H,3-7,13H2,1-2H3. The van der Waals surface area contributed by atoms with Crippen LogP contribution in [0.5, 0.6) is 0 Å². The first kappa shape index (κ1) is 18.7. The summed E-state index contributed by atoms with van der Waals surface area (Å²) in [4.78, 5) is 18.9. The van der Waals surface area contributed by atoms with Gasteiger partial charge < -0.3 is 14.1 Å². The van der Waals surface area contributed by atoms with Crippen LogP contribution in [-0.2, 0) is 16.0 Å². The largest absolute Gasteiger partial charge is 0.466 e. The van der Waals surface area contributed by atoms with Gasteiger partial charge in [-0.2, -0.15) is 0 Å². The molecule has 2 aromatic rings. The van der Waals surface area contributed by atoms with Crippen LogP contribution in [0.4, 0.5) is 4.39 Å². The monoisotopic (exact) mass is 384 g/mol. The maximum absolute atomic E-state index is 13.3. The first-order valence-corrected chi connectivity index (χ1v) is 9.93. The van der Waals surface area contributed by atoms with Crippen LogP contribution in [0.1, 0.15) is 44.1 Å². The number of fused-ring (bicyclic) bond motifs is 1. The Morgan fingerprint density at radius 2 is 2.04 bits per heavy atom. The molecule has 5 nitrogen and oxygen atoms in total. The van der Waals surface area contributed by atoms with E-state index in [1.807, 2.05) is 0 Å². The van der Waals surface area contributed by atoms with Gasteiger partial charge >= 0.3 is 5.97 Å². The van der Waals surface area contributed by atoms with Gasteiger partial charge in [0.15, 0.2) is 5.76 Å². The summed E-state index contributed by atoms with van der Waals surface area (Å²) in [6, 6.07) is 6.48. The lowest BCUT2D eigenvalue weighted by Gasteiger charge is -2.31. The molecule has 1 fully saturated rings. The molecular weight excluding hydrogens is 359 g/mol. The molecule has 0 spiro atoms. The number of esters is 1. The van der Waals surface area contributed by atoms with E-state index >= 15 is 0 Å². The summed E-state index contributed by atoms with van der Waals surface area (Å²) < 4.78 is 24.5. The van der Waals surface area contributed by atoms with Gasteiger partial charge in [-0.1, -0.05) is 18.9 Å². The molecule has 28 heavy (non-hydrogen) atoms. The fourth-order valence-corrected chi connectivity index (χ4v) is 4.29. The van der Waals surface area contributed by atoms with Crippen molar-refractivity contribution in [3.8, 4) is 11.5 Å². The quantitative estimate of drug-likeness (QED) is 0.714. The maximum atomic E-state index is 13.3. The molecule has 1 aliphatic heterocycles. The summed E-state index contributed by atoms with van der Waals surface area (Å²) in [6.45, 7) is 2.10. The Morgan fingerprint density at radius 1 is 1.29 bits per heavy atom. The topological polar surface area (TPSA) is 55.6 Å². The molecule has 148 valence electrons. The summed E-state index contributed by atoms with van der Waals surface area (Å²) in [5.41, 5.74) is 2.23. The molecule has 0 bridgehead atoms. The van der Waals surface area contributed by atoms with E-state index in [4.69, 9.17) is 9.15 Å². The van der Waals surface area contributed by atoms with Gasteiger partial charge in [-0.3, -0.25) is 4.79 Å². The molecule has 4 rings (SSSR count). The number of aromatic nitrogens is 1. The molecule has 0 N–H and O–H groups in total. The third-order valence-electron chi connectivity index (χ3n) is 5.67. The van der Waals surface area contributed by atoms with Gasteiger partial charge in [-0.25, -0.2) is 9.37 Å². The van der Waals surface area contributed by atoms with Gasteiger partial charge in [0.1, 0.15) is 11.5 Å². The normalized spacial score (nSPS) is 21.4. The average Bonchev–Trinajstić information content (AvgIpc) is 3.24. The van der Waals surface area contributed by atoms with Gasteiger partial charge in [0, 0.05) is 18.7 Å². The number of carbonyl (C=O) groups is 1. The van der Waals surface area contributed by atoms with Gasteiger partial charge in [-0.15, -0.1) is 0 Å². The highest BCUT2D eigenvalue weighted by molar-refractivity contribution is 5.76. The number of carbonyl (C=O) groups excluding carboxylic acids is 1. The first-order chi connectivity index (χ1) is 13.6. The molecular formula is C22H25FN2O3. The summed E-state index contributed by atoms with van der Waals surface area (Å²) in [6.07, 6.45) is 7.12. The molecule has 0 amide bonds. The van der Waals surface area contributed by atoms with Crippen molar-refractivity contribution in [2.75, 3.05) is 13.7 Å². The number of hydrogen-bond acceptors (Lipinski definition) is 5. The maximum Gasteiger partial charge on any atom is 0.312 e. The van der Waals surface area contributed by atoms with E-state index < -0.39 is 0 Å². The molecule has 1 saturated carbocycles. The predicted octanol–water partition coefficient (Wildman–Crippen LogP) is 4.43. The minimum atomic E-state index is -0.332. The molecule has 2 heterocycles. The molecule has 2 atom stereocenters. The van der Waals surface area contributed by atoms with Crippen LogP contribution >= 0.6 is 0 Å². The van der Waals surface area contributed by atoms with E-state index in [1.165, 1.54) is 31.4 Å². The zero-order chi connectivity index (χ0) is 19.7. The highest BCUT2D eigenvalue weighted by Gasteiger charge is 2.37. The van der Waals surface area contributed by atoms with Crippen LogP contribution in [0.15, 0.2) is 34.8 Å². The van der Waals surface area contributed by atoms with E-state index in [1.54, 1.807) is 19.1 Å². The summed E-state index contributed by atoms with van der Waals surface area (Å²) in [5, 5.41) is 0. The van der Waals surface area contributed by atoms with E-state index in [0.29, 0.717) is 41.5 Å². The number of ether oxygens (including phenoxy) is 1. The lowest BCUT2D eigenvalue weighted by molar-refractivity contribution is -0.142. The second-order valence-electron chi connectivity index (χ2n) is 7.46. The van der Waals surface area contributed by atoms with E-state index in [0.717, 1.165) is 12.1 Å². The minimum absolute atomic E-state index is 0.0500. The number of hydrogen-bond donors (Lipinski definition) is 0. The number of nitrogens with zero attached hydrogens (tertiary/aromatic N) is 2. The Morgan fingerprint density at radius 3 is 2.75 bits per heavy atom. The number of rotatable bonds is 5. The van der Waals surface area contributed by atoms with Crippen molar-refractivity contribution in [3.05, 3.63) is 47.6 Å². The van der Waals surface area contributed by atoms with E-state index in [2.05, 4.69) is 23.0 Å². The van der Waals surface area contributed by atoms with Crippen molar-refractivity contribution in [3.63, 3.8) is 0 Å². The number of halogens is 1. The summed E-state index contributed by atoms with van der Waals surface area (Å²) in [7, 11) is 2.08. The Hall–Kier alpha value is -2.63. The lowest BCUT2D eigenvalue weighted by Crippen LogP contribution is -2.32. The molecule has 1 aromatic heterocycles. The highest BCUT2D eigenvalue weighted by atomic mass is 19.1. The van der Waals surface area contributed by atoms with Crippen molar-refractivity contribution < 1.29 is 18.3 Å². The second-order valence-corrected chi connectivity index (χ2v) is 7.46. The van der Waals surface area contributed by atoms with Crippen LogP contribution in [0.3, 0.4) is 0 Å². The second kappa shape index (κ2) is 7.78. The minimum Gasteiger partial charge on any atom is -0.466 e. The average molecular weight is 384 g/mol. The molecule has 0 saturated heterocycles. The first-order valence-electron chi connectivity index (χ1n) is 9.93. The lowest BCUT2D eigenvalue weighted by atomic mass is 9.86. The van der Waals surface area contributed by atoms with Crippen molar-refractivity contribution in [2.24, 2.45) is 5.92 Å². The van der Waals surface area contributed by atoms with Crippen LogP contribution < -0.4 is 0 Å². The van der Waals surface area contributed by atoms with Crippen molar-refractivity contribution >= 4 is 11.7 Å². The SMILES string of the molecule is CCOC(=O)Cc1nc(-c2ccc(F)cc2)oc1C1=CC2CCCCC2N1C. The zero-order valence-electron chi connectivity index (χ0n) is 16.3. The van der Waals surface area contributed by atoms with Gasteiger partial charge in [-0.05, 0) is 49.9 Å². The molecule has 2 unspecified atom stereocenters. The molecule has 2 aliphatic rings. The fraction of sp³-hybridized carbons (Fsp3) is 0.455. The zero-order valence-corrected chi connectivity index (χ0v) is 16.3. The molecule has 1 aliphatic carbocycles. The van der Waals surface area contributed by atoms with Crippen LogP contribution in [0, 0.1) is 11.7 Å². The van der Waals surface area contributed by atoms with Gasteiger partial charge in [0.05, 0.1) is 18.7 Å². The molecule has 1 aromatic carbocycles. The third-order valence-corrected chi connectivity index (χ3v) is 5.67. The van der Waals surface area contributed by atoms with Crippen molar-refractivity contribution in [1.82, 2.24) is 9.88 Å². The van der Waals surface area contributed by atoms with Gasteiger partial charge in [0.25, 0.3) is 0 Å². The fourth-order valence-electron chi connectivity index (χ4n) is 4.29. The van der Waals surface area contributed by atoms with Crippen molar-refractivity contribution in [1.29, 1.82) is 0 Å². The summed E-state index contributed by atoms with van der Waals surface area (Å²) >= 11 is 0. The van der Waals surface area contributed by atoms with Gasteiger partial charge in [0.2, 0.25) is 5.89 Å². The Labute approximate surface area is 164 Å². The highest BCUT2D eigenvalue weighted by Crippen LogP contribution is 2.42. The third kappa shape index (κ3) is 3.55. The smallest absolute Gasteiger partial charge is 0.312 e. The van der Waals surface area contributed by atoms with Crippen molar-refractivity contribution in [2.45, 2.75) is 45.1 Å². The molecule has 6 heteroatoms. The van der Waals surface area contributed by atoms with E-state index in [9.17, 15) is 9.18 Å². The molecule has 0 radical (unpaired) electrons. The van der Waals surface area contributed by atoms with Crippen LogP contribution in [-0.4, -0.2) is 35.5 Å². The predicted molar refractivity (Wildman–Crippen MR) is 104 cm³/mol. The Kier molecular flexibility index (Phi) is 5.20. The summed E-state index contributed by atoms with van der Waals surface area (Å²) in [5.74, 6) is 0.859. The van der Waals surface area contributed by atoms with E-state index in [-0.39, 0.29) is 18.2 Å². The number of oxazole rings is 1. The number of benzene rings is 1.